The van der Waals surface area contributed by atoms with Crippen LogP contribution in [0.2, 0.25) is 0 Å². The molecule has 0 aromatic heterocycles. The predicted octanol–water partition coefficient (Wildman–Crippen LogP) is 3.10. The number of hydrogen-bond acceptors (Lipinski definition) is 5. The van der Waals surface area contributed by atoms with Gasteiger partial charge in [-0.1, -0.05) is 24.3 Å². The van der Waals surface area contributed by atoms with Gasteiger partial charge in [-0.15, -0.1) is 11.8 Å². The summed E-state index contributed by atoms with van der Waals surface area (Å²) in [5.74, 6) is -0.394. The number of halogens is 1. The summed E-state index contributed by atoms with van der Waals surface area (Å²) >= 11 is 1.40. The third-order valence-corrected chi connectivity index (χ3v) is 6.51. The highest BCUT2D eigenvalue weighted by atomic mass is 32.2. The number of rotatable bonds is 6. The molecule has 1 fully saturated rings. The zero-order valence-corrected chi connectivity index (χ0v) is 17.4. The lowest BCUT2D eigenvalue weighted by Crippen LogP contribution is -2.55. The van der Waals surface area contributed by atoms with Gasteiger partial charge >= 0.3 is 0 Å². The standard InChI is InChI=1S/C21H22FN3O4S/c1-13(15-4-3-5-17(11-15)25(28)29)24(2)21(27)18-12-30-19(20(26)23-18)10-14-6-8-16(22)9-7-14/h3-9,11,13,18-19H,10,12H2,1-2H3,(H,23,26). The van der Waals surface area contributed by atoms with E-state index in [1.54, 1.807) is 38.2 Å². The fourth-order valence-electron chi connectivity index (χ4n) is 3.27. The number of carbonyl (C=O) groups is 2. The molecule has 0 saturated carbocycles. The van der Waals surface area contributed by atoms with Crippen LogP contribution in [0.1, 0.15) is 24.1 Å². The van der Waals surface area contributed by atoms with Crippen LogP contribution in [0.15, 0.2) is 48.5 Å². The molecule has 2 amide bonds. The topological polar surface area (TPSA) is 92.6 Å². The molecular formula is C21H22FN3O4S. The maximum absolute atomic E-state index is 13.0. The van der Waals surface area contributed by atoms with Crippen LogP contribution < -0.4 is 5.32 Å². The van der Waals surface area contributed by atoms with Gasteiger partial charge in [0.2, 0.25) is 11.8 Å². The van der Waals surface area contributed by atoms with Crippen molar-refractivity contribution < 1.29 is 18.9 Å². The van der Waals surface area contributed by atoms with Crippen molar-refractivity contribution in [3.63, 3.8) is 0 Å². The van der Waals surface area contributed by atoms with E-state index in [-0.39, 0.29) is 28.6 Å². The van der Waals surface area contributed by atoms with E-state index in [1.807, 2.05) is 0 Å². The Kier molecular flexibility index (Phi) is 6.71. The molecule has 0 spiro atoms. The number of hydrogen-bond donors (Lipinski definition) is 1. The van der Waals surface area contributed by atoms with Gasteiger partial charge in [-0.05, 0) is 36.6 Å². The molecule has 158 valence electrons. The SMILES string of the molecule is CC(c1cccc([N+](=O)[O-])c1)N(C)C(=O)C1CSC(Cc2ccc(F)cc2)C(=O)N1. The fourth-order valence-corrected chi connectivity index (χ4v) is 4.45. The lowest BCUT2D eigenvalue weighted by atomic mass is 10.1. The van der Waals surface area contributed by atoms with E-state index in [2.05, 4.69) is 5.32 Å². The molecule has 1 saturated heterocycles. The number of nitrogens with zero attached hydrogens (tertiary/aromatic N) is 2. The van der Waals surface area contributed by atoms with Gasteiger partial charge in [0.15, 0.2) is 0 Å². The first-order chi connectivity index (χ1) is 14.3. The lowest BCUT2D eigenvalue weighted by molar-refractivity contribution is -0.384. The zero-order chi connectivity index (χ0) is 21.8. The van der Waals surface area contributed by atoms with Gasteiger partial charge in [0.1, 0.15) is 11.9 Å². The van der Waals surface area contributed by atoms with Crippen LogP contribution in [-0.2, 0) is 16.0 Å². The second-order valence-electron chi connectivity index (χ2n) is 7.19. The Labute approximate surface area is 177 Å². The number of nitrogens with one attached hydrogen (secondary N) is 1. The minimum absolute atomic E-state index is 0.0367. The Bertz CT molecular complexity index is 954. The molecule has 0 bridgehead atoms. The summed E-state index contributed by atoms with van der Waals surface area (Å²) in [4.78, 5) is 37.4. The number of thioether (sulfide) groups is 1. The highest BCUT2D eigenvalue weighted by Gasteiger charge is 2.35. The maximum atomic E-state index is 13.0. The van der Waals surface area contributed by atoms with E-state index in [0.717, 1.165) is 5.56 Å². The number of nitro groups is 1. The first-order valence-electron chi connectivity index (χ1n) is 9.43. The lowest BCUT2D eigenvalue weighted by Gasteiger charge is -2.33. The van der Waals surface area contributed by atoms with Gasteiger partial charge in [-0.25, -0.2) is 4.39 Å². The molecule has 0 radical (unpaired) electrons. The molecule has 7 nitrogen and oxygen atoms in total. The van der Waals surface area contributed by atoms with Crippen LogP contribution in [0.25, 0.3) is 0 Å². The first kappa shape index (κ1) is 21.8. The van der Waals surface area contributed by atoms with Gasteiger partial charge in [-0.2, -0.15) is 0 Å². The zero-order valence-electron chi connectivity index (χ0n) is 16.6. The van der Waals surface area contributed by atoms with Crippen molar-refractivity contribution in [1.82, 2.24) is 10.2 Å². The summed E-state index contributed by atoms with van der Waals surface area (Å²) in [5.41, 5.74) is 1.46. The highest BCUT2D eigenvalue weighted by Crippen LogP contribution is 2.26. The highest BCUT2D eigenvalue weighted by molar-refractivity contribution is 8.00. The Balaban J connectivity index is 1.62. The molecule has 1 N–H and O–H groups in total. The van der Waals surface area contributed by atoms with Gasteiger partial charge in [0, 0.05) is 24.9 Å². The van der Waals surface area contributed by atoms with Crippen molar-refractivity contribution in [3.05, 3.63) is 75.6 Å². The van der Waals surface area contributed by atoms with Crippen molar-refractivity contribution >= 4 is 29.3 Å². The molecule has 3 rings (SSSR count). The van der Waals surface area contributed by atoms with Crippen LogP contribution in [0.3, 0.4) is 0 Å². The minimum atomic E-state index is -0.668. The molecule has 0 aliphatic carbocycles. The van der Waals surface area contributed by atoms with E-state index < -0.39 is 17.0 Å². The van der Waals surface area contributed by atoms with E-state index in [0.29, 0.717) is 17.7 Å². The third kappa shape index (κ3) is 4.96. The van der Waals surface area contributed by atoms with Crippen molar-refractivity contribution in [3.8, 4) is 0 Å². The molecule has 30 heavy (non-hydrogen) atoms. The summed E-state index contributed by atoms with van der Waals surface area (Å²) < 4.78 is 13.0. The van der Waals surface area contributed by atoms with Crippen LogP contribution in [0.5, 0.6) is 0 Å². The first-order valence-corrected chi connectivity index (χ1v) is 10.5. The van der Waals surface area contributed by atoms with Gasteiger partial charge in [0.25, 0.3) is 5.69 Å². The Morgan fingerprint density at radius 1 is 1.33 bits per heavy atom. The van der Waals surface area contributed by atoms with E-state index in [4.69, 9.17) is 0 Å². The molecule has 2 aromatic rings. The monoisotopic (exact) mass is 431 g/mol. The average Bonchev–Trinajstić information content (AvgIpc) is 2.75. The van der Waals surface area contributed by atoms with Crippen molar-refractivity contribution in [2.24, 2.45) is 0 Å². The molecule has 2 aromatic carbocycles. The van der Waals surface area contributed by atoms with Crippen LogP contribution in [0.4, 0.5) is 10.1 Å². The molecular weight excluding hydrogens is 409 g/mol. The summed E-state index contributed by atoms with van der Waals surface area (Å²) in [7, 11) is 1.62. The van der Waals surface area contributed by atoms with Crippen LogP contribution in [0, 0.1) is 15.9 Å². The quantitative estimate of drug-likeness (QED) is 0.561. The Morgan fingerprint density at radius 2 is 2.03 bits per heavy atom. The van der Waals surface area contributed by atoms with Crippen LogP contribution >= 0.6 is 11.8 Å². The van der Waals surface area contributed by atoms with E-state index in [1.165, 1.54) is 40.9 Å². The Morgan fingerprint density at radius 3 is 2.67 bits per heavy atom. The number of nitro benzene ring substituents is 1. The summed E-state index contributed by atoms with van der Waals surface area (Å²) in [6, 6.07) is 11.1. The third-order valence-electron chi connectivity index (χ3n) is 5.20. The molecule has 1 heterocycles. The number of non-ortho nitro benzene ring substituents is 1. The number of benzene rings is 2. The fraction of sp³-hybridized carbons (Fsp3) is 0.333. The molecule has 9 heteroatoms. The van der Waals surface area contributed by atoms with Gasteiger partial charge < -0.3 is 10.2 Å². The number of likely N-dealkylation sites (N-methyl/N-ethyl adjacent to an activating group) is 1. The van der Waals surface area contributed by atoms with Gasteiger partial charge in [-0.3, -0.25) is 19.7 Å². The summed E-state index contributed by atoms with van der Waals surface area (Å²) in [5, 5.41) is 13.4. The van der Waals surface area contributed by atoms with Gasteiger partial charge in [0.05, 0.1) is 16.2 Å². The van der Waals surface area contributed by atoms with Crippen molar-refractivity contribution in [2.75, 3.05) is 12.8 Å². The maximum Gasteiger partial charge on any atom is 0.269 e. The smallest absolute Gasteiger partial charge is 0.269 e. The minimum Gasteiger partial charge on any atom is -0.343 e. The Hall–Kier alpha value is -2.94. The summed E-state index contributed by atoms with van der Waals surface area (Å²) in [6.45, 7) is 1.78. The normalized spacial score (nSPS) is 19.6. The molecule has 1 aliphatic rings. The molecule has 1 aliphatic heterocycles. The molecule has 3 atom stereocenters. The van der Waals surface area contributed by atoms with E-state index in [9.17, 15) is 24.1 Å². The number of carbonyl (C=O) groups excluding carboxylic acids is 2. The predicted molar refractivity (Wildman–Crippen MR) is 113 cm³/mol. The second-order valence-corrected chi connectivity index (χ2v) is 8.43. The molecule has 3 unspecified atom stereocenters. The van der Waals surface area contributed by atoms with E-state index >= 15 is 0 Å². The van der Waals surface area contributed by atoms with Crippen LogP contribution in [-0.4, -0.2) is 45.7 Å². The van der Waals surface area contributed by atoms with Crippen molar-refractivity contribution in [1.29, 1.82) is 0 Å². The second kappa shape index (κ2) is 9.25. The summed E-state index contributed by atoms with van der Waals surface area (Å²) in [6.07, 6.45) is 0.456. The number of amides is 2. The average molecular weight is 431 g/mol. The van der Waals surface area contributed by atoms with Crippen molar-refractivity contribution in [2.45, 2.75) is 30.7 Å². The largest absolute Gasteiger partial charge is 0.343 e.